The fraction of sp³-hybridized carbons (Fsp3) is 0.364. The van der Waals surface area contributed by atoms with Crippen LogP contribution in [0.25, 0.3) is 0 Å². The van der Waals surface area contributed by atoms with Gasteiger partial charge in [0.2, 0.25) is 11.8 Å². The van der Waals surface area contributed by atoms with Crippen LogP contribution in [0.4, 0.5) is 0 Å². The molecule has 2 aromatic rings. The van der Waals surface area contributed by atoms with Crippen molar-refractivity contribution in [2.45, 2.75) is 45.2 Å². The van der Waals surface area contributed by atoms with Crippen molar-refractivity contribution in [1.29, 1.82) is 0 Å². The second-order valence-electron chi connectivity index (χ2n) is 7.23. The molecule has 0 bridgehead atoms. The third kappa shape index (κ3) is 7.69. The molecule has 0 heterocycles. The minimum absolute atomic E-state index is 0.00731. The van der Waals surface area contributed by atoms with Gasteiger partial charge in [0.1, 0.15) is 6.04 Å². The van der Waals surface area contributed by atoms with Gasteiger partial charge in [0.05, 0.1) is 15.8 Å². The Balaban J connectivity index is 2.08. The summed E-state index contributed by atoms with van der Waals surface area (Å²) in [6, 6.07) is 12.1. The van der Waals surface area contributed by atoms with Crippen molar-refractivity contribution in [3.63, 3.8) is 0 Å². The molecule has 162 valence electrons. The predicted octanol–water partition coefficient (Wildman–Crippen LogP) is 5.82. The number of thioether (sulfide) groups is 1. The first-order valence-electron chi connectivity index (χ1n) is 9.53. The molecule has 8 heteroatoms. The number of amides is 2. The molecule has 0 radical (unpaired) electrons. The van der Waals surface area contributed by atoms with Gasteiger partial charge in [-0.2, -0.15) is 0 Å². The zero-order valence-electron chi connectivity index (χ0n) is 17.1. The molecule has 0 saturated heterocycles. The van der Waals surface area contributed by atoms with Gasteiger partial charge in [0.25, 0.3) is 0 Å². The Bertz CT molecular complexity index is 892. The van der Waals surface area contributed by atoms with E-state index in [0.29, 0.717) is 27.4 Å². The van der Waals surface area contributed by atoms with Gasteiger partial charge in [-0.1, -0.05) is 53.0 Å². The topological polar surface area (TPSA) is 49.4 Å². The minimum Gasteiger partial charge on any atom is -0.352 e. The number of nitrogens with zero attached hydrogens (tertiary/aromatic N) is 1. The first-order chi connectivity index (χ1) is 14.2. The summed E-state index contributed by atoms with van der Waals surface area (Å²) in [4.78, 5) is 27.2. The average Bonchev–Trinajstić information content (AvgIpc) is 2.67. The van der Waals surface area contributed by atoms with E-state index in [4.69, 9.17) is 34.8 Å². The van der Waals surface area contributed by atoms with E-state index in [1.165, 1.54) is 11.8 Å². The van der Waals surface area contributed by atoms with Crippen molar-refractivity contribution in [3.8, 4) is 0 Å². The fourth-order valence-electron chi connectivity index (χ4n) is 2.79. The Morgan fingerprint density at radius 1 is 1.00 bits per heavy atom. The van der Waals surface area contributed by atoms with Crippen molar-refractivity contribution in [1.82, 2.24) is 10.2 Å². The largest absolute Gasteiger partial charge is 0.352 e. The van der Waals surface area contributed by atoms with Crippen LogP contribution in [0.5, 0.6) is 0 Å². The van der Waals surface area contributed by atoms with Crippen molar-refractivity contribution >= 4 is 58.4 Å². The Kier molecular flexibility index (Phi) is 9.82. The highest BCUT2D eigenvalue weighted by Crippen LogP contribution is 2.25. The molecule has 30 heavy (non-hydrogen) atoms. The molecule has 0 aliphatic carbocycles. The average molecular weight is 488 g/mol. The van der Waals surface area contributed by atoms with Crippen LogP contribution in [0.1, 0.15) is 31.9 Å². The lowest BCUT2D eigenvalue weighted by molar-refractivity contribution is -0.138. The zero-order chi connectivity index (χ0) is 22.3. The molecule has 0 aliphatic rings. The smallest absolute Gasteiger partial charge is 0.242 e. The summed E-state index contributed by atoms with van der Waals surface area (Å²) >= 11 is 19.6. The Labute approximate surface area is 197 Å². The number of hydrogen-bond acceptors (Lipinski definition) is 3. The number of nitrogens with one attached hydrogen (secondary N) is 1. The molecule has 0 aliphatic heterocycles. The first-order valence-corrected chi connectivity index (χ1v) is 11.8. The number of rotatable bonds is 9. The van der Waals surface area contributed by atoms with E-state index in [-0.39, 0.29) is 23.6 Å². The number of halogens is 3. The van der Waals surface area contributed by atoms with Gasteiger partial charge in [0, 0.05) is 23.4 Å². The lowest BCUT2D eigenvalue weighted by atomic mass is 10.1. The van der Waals surface area contributed by atoms with E-state index < -0.39 is 6.04 Å². The third-order valence-electron chi connectivity index (χ3n) is 4.32. The van der Waals surface area contributed by atoms with Crippen molar-refractivity contribution < 1.29 is 9.59 Å². The molecule has 1 N–H and O–H groups in total. The maximum Gasteiger partial charge on any atom is 0.242 e. The van der Waals surface area contributed by atoms with Crippen LogP contribution < -0.4 is 5.32 Å². The molecule has 0 fully saturated rings. The second-order valence-corrected chi connectivity index (χ2v) is 9.47. The van der Waals surface area contributed by atoms with Crippen LogP contribution in [-0.4, -0.2) is 34.6 Å². The third-order valence-corrected chi connectivity index (χ3v) is 6.28. The highest BCUT2D eigenvalue weighted by Gasteiger charge is 2.26. The predicted molar refractivity (Wildman–Crippen MR) is 127 cm³/mol. The summed E-state index contributed by atoms with van der Waals surface area (Å²) in [7, 11) is 0. The van der Waals surface area contributed by atoms with Gasteiger partial charge in [-0.3, -0.25) is 9.59 Å². The van der Waals surface area contributed by atoms with Crippen molar-refractivity contribution in [2.75, 3.05) is 5.75 Å². The molecular formula is C22H25Cl3N2O2S. The van der Waals surface area contributed by atoms with Crippen LogP contribution in [0.15, 0.2) is 42.5 Å². The quantitative estimate of drug-likeness (QED) is 0.485. The minimum atomic E-state index is -0.607. The van der Waals surface area contributed by atoms with Gasteiger partial charge in [0.15, 0.2) is 0 Å². The number of benzene rings is 2. The first kappa shape index (κ1) is 24.9. The number of hydrogen-bond donors (Lipinski definition) is 1. The maximum atomic E-state index is 13.0. The van der Waals surface area contributed by atoms with E-state index in [1.54, 1.807) is 36.1 Å². The van der Waals surface area contributed by atoms with Gasteiger partial charge in [-0.05, 0) is 56.2 Å². The molecule has 1 atom stereocenters. The molecule has 0 saturated carbocycles. The van der Waals surface area contributed by atoms with Crippen molar-refractivity contribution in [2.24, 2.45) is 0 Å². The number of carbonyl (C=O) groups is 2. The van der Waals surface area contributed by atoms with Crippen LogP contribution in [0.3, 0.4) is 0 Å². The second kappa shape index (κ2) is 11.8. The van der Waals surface area contributed by atoms with E-state index in [9.17, 15) is 9.59 Å². The maximum absolute atomic E-state index is 13.0. The highest BCUT2D eigenvalue weighted by atomic mass is 35.5. The van der Waals surface area contributed by atoms with Crippen LogP contribution in [0, 0.1) is 0 Å². The van der Waals surface area contributed by atoms with E-state index in [0.717, 1.165) is 11.1 Å². The van der Waals surface area contributed by atoms with Crippen LogP contribution in [0.2, 0.25) is 15.1 Å². The lowest BCUT2D eigenvalue weighted by Gasteiger charge is -2.29. The van der Waals surface area contributed by atoms with E-state index >= 15 is 0 Å². The molecule has 2 aromatic carbocycles. The lowest BCUT2D eigenvalue weighted by Crippen LogP contribution is -2.49. The standard InChI is InChI=1S/C22H25Cl3N2O2S/c1-14(2)26-22(29)15(3)27(11-16-5-4-6-18(23)9-16)21(28)13-30-12-17-7-8-19(24)20(25)10-17/h4-10,14-15H,11-13H2,1-3H3,(H,26,29)/t15-/m1/s1. The van der Waals surface area contributed by atoms with Gasteiger partial charge >= 0.3 is 0 Å². The zero-order valence-corrected chi connectivity index (χ0v) is 20.2. The Hall–Kier alpha value is -1.40. The Morgan fingerprint density at radius 2 is 1.73 bits per heavy atom. The molecular weight excluding hydrogens is 463 g/mol. The molecule has 4 nitrogen and oxygen atoms in total. The molecule has 2 rings (SSSR count). The summed E-state index contributed by atoms with van der Waals surface area (Å²) in [6.07, 6.45) is 0. The monoisotopic (exact) mass is 486 g/mol. The summed E-state index contributed by atoms with van der Waals surface area (Å²) in [5.74, 6) is 0.543. The summed E-state index contributed by atoms with van der Waals surface area (Å²) in [5, 5.41) is 4.45. The SMILES string of the molecule is CC(C)NC(=O)[C@@H](C)N(Cc1cccc(Cl)c1)C(=O)CSCc1ccc(Cl)c(Cl)c1. The van der Waals surface area contributed by atoms with Gasteiger partial charge in [-0.15, -0.1) is 11.8 Å². The van der Waals surface area contributed by atoms with Crippen LogP contribution >= 0.6 is 46.6 Å². The molecule has 0 unspecified atom stereocenters. The van der Waals surface area contributed by atoms with Crippen molar-refractivity contribution in [3.05, 3.63) is 68.7 Å². The summed E-state index contributed by atoms with van der Waals surface area (Å²) < 4.78 is 0. The van der Waals surface area contributed by atoms with Crippen LogP contribution in [-0.2, 0) is 21.9 Å². The fourth-order valence-corrected chi connectivity index (χ4v) is 4.18. The number of carbonyl (C=O) groups excluding carboxylic acids is 2. The molecule has 0 spiro atoms. The molecule has 2 amide bonds. The van der Waals surface area contributed by atoms with E-state index in [2.05, 4.69) is 5.32 Å². The Morgan fingerprint density at radius 3 is 2.37 bits per heavy atom. The van der Waals surface area contributed by atoms with Gasteiger partial charge < -0.3 is 10.2 Å². The highest BCUT2D eigenvalue weighted by molar-refractivity contribution is 7.99. The summed E-state index contributed by atoms with van der Waals surface area (Å²) in [5.41, 5.74) is 1.85. The van der Waals surface area contributed by atoms with Gasteiger partial charge in [-0.25, -0.2) is 0 Å². The van der Waals surface area contributed by atoms with E-state index in [1.807, 2.05) is 32.0 Å². The molecule has 0 aromatic heterocycles. The summed E-state index contributed by atoms with van der Waals surface area (Å²) in [6.45, 7) is 5.82. The normalized spacial score (nSPS) is 12.0.